The summed E-state index contributed by atoms with van der Waals surface area (Å²) < 4.78 is 48.3. The van der Waals surface area contributed by atoms with Crippen molar-refractivity contribution in [2.45, 2.75) is 19.5 Å². The molecule has 27 heavy (non-hydrogen) atoms. The van der Waals surface area contributed by atoms with Crippen LogP contribution in [0, 0.1) is 0 Å². The third-order valence-electron chi connectivity index (χ3n) is 3.56. The highest BCUT2D eigenvalue weighted by Crippen LogP contribution is 2.32. The molecule has 1 heterocycles. The first-order valence-electron chi connectivity index (χ1n) is 8.57. The molecule has 1 aromatic rings. The van der Waals surface area contributed by atoms with Crippen LogP contribution in [0.1, 0.15) is 13.3 Å². The number of nitrogens with one attached hydrogen (secondary N) is 2. The van der Waals surface area contributed by atoms with Crippen LogP contribution in [0.15, 0.2) is 23.2 Å². The normalized spacial score (nSPS) is 14.4. The Bertz CT molecular complexity index is 614. The molecule has 0 spiro atoms. The minimum atomic E-state index is -4.20. The summed E-state index contributed by atoms with van der Waals surface area (Å²) in [4.78, 5) is 5.52. The third-order valence-corrected chi connectivity index (χ3v) is 3.56. The number of nitrogens with zero attached hydrogens (tertiary/aromatic N) is 2. The summed E-state index contributed by atoms with van der Waals surface area (Å²) >= 11 is 0. The molecule has 1 aromatic carbocycles. The fourth-order valence-electron chi connectivity index (χ4n) is 2.40. The molecule has 0 fully saturated rings. The van der Waals surface area contributed by atoms with Gasteiger partial charge in [0.2, 0.25) is 0 Å². The first-order chi connectivity index (χ1) is 12.4. The van der Waals surface area contributed by atoms with Crippen LogP contribution in [0.4, 0.5) is 18.9 Å². The van der Waals surface area contributed by atoms with Crippen LogP contribution in [0.3, 0.4) is 0 Å². The average molecular weight is 502 g/mol. The molecule has 154 valence electrons. The Morgan fingerprint density at radius 2 is 1.93 bits per heavy atom. The van der Waals surface area contributed by atoms with Gasteiger partial charge in [-0.1, -0.05) is 0 Å². The van der Waals surface area contributed by atoms with Gasteiger partial charge in [0.1, 0.15) is 0 Å². The number of benzene rings is 1. The predicted molar refractivity (Wildman–Crippen MR) is 111 cm³/mol. The van der Waals surface area contributed by atoms with E-state index in [0.717, 1.165) is 12.1 Å². The smallest absolute Gasteiger partial charge is 0.401 e. The van der Waals surface area contributed by atoms with Crippen molar-refractivity contribution in [3.8, 4) is 11.5 Å². The lowest BCUT2D eigenvalue weighted by Crippen LogP contribution is -2.34. The summed E-state index contributed by atoms with van der Waals surface area (Å²) in [7, 11) is 1.42. The van der Waals surface area contributed by atoms with Gasteiger partial charge in [-0.3, -0.25) is 9.89 Å². The number of hydrogen-bond acceptors (Lipinski definition) is 4. The lowest BCUT2D eigenvalue weighted by molar-refractivity contribution is -0.142. The number of hydrogen-bond donors (Lipinski definition) is 2. The van der Waals surface area contributed by atoms with Gasteiger partial charge in [0.15, 0.2) is 17.5 Å². The Kier molecular flexibility index (Phi) is 9.99. The summed E-state index contributed by atoms with van der Waals surface area (Å²) in [5, 5.41) is 6.21. The molecule has 1 aliphatic rings. The van der Waals surface area contributed by atoms with Crippen molar-refractivity contribution in [2.75, 3.05) is 51.8 Å². The van der Waals surface area contributed by atoms with Crippen LogP contribution in [0.5, 0.6) is 11.5 Å². The van der Waals surface area contributed by atoms with Crippen LogP contribution in [0.2, 0.25) is 0 Å². The number of alkyl halides is 3. The number of rotatable bonds is 6. The highest BCUT2D eigenvalue weighted by Gasteiger charge is 2.28. The molecule has 0 aromatic heterocycles. The fraction of sp³-hybridized carbons (Fsp3) is 0.588. The second-order valence-electron chi connectivity index (χ2n) is 5.95. The van der Waals surface area contributed by atoms with E-state index in [9.17, 15) is 13.2 Å². The number of guanidine groups is 1. The van der Waals surface area contributed by atoms with Crippen LogP contribution in [-0.4, -0.2) is 63.5 Å². The molecule has 2 N–H and O–H groups in total. The van der Waals surface area contributed by atoms with E-state index < -0.39 is 12.7 Å². The Labute approximate surface area is 174 Å². The molecule has 1 aliphatic heterocycles. The SMILES string of the molecule is CCNC(=NCCN(C)CC(F)(F)F)Nc1ccc2c(c1)OCCCO2.I. The molecule has 6 nitrogen and oxygen atoms in total. The largest absolute Gasteiger partial charge is 0.490 e. The summed E-state index contributed by atoms with van der Waals surface area (Å²) in [5.41, 5.74) is 0.762. The van der Waals surface area contributed by atoms with Crippen LogP contribution < -0.4 is 20.1 Å². The molecule has 0 amide bonds. The monoisotopic (exact) mass is 502 g/mol. The molecular formula is C17H26F3IN4O2. The van der Waals surface area contributed by atoms with Gasteiger partial charge in [-0.15, -0.1) is 24.0 Å². The van der Waals surface area contributed by atoms with Crippen LogP contribution >= 0.6 is 24.0 Å². The predicted octanol–water partition coefficient (Wildman–Crippen LogP) is 3.34. The maximum Gasteiger partial charge on any atom is 0.401 e. The molecule has 2 rings (SSSR count). The van der Waals surface area contributed by atoms with Gasteiger partial charge in [0, 0.05) is 31.3 Å². The Balaban J connectivity index is 0.00000364. The number of fused-ring (bicyclic) bond motifs is 1. The topological polar surface area (TPSA) is 58.1 Å². The summed E-state index contributed by atoms with van der Waals surface area (Å²) in [5.74, 6) is 1.86. The zero-order valence-corrected chi connectivity index (χ0v) is 17.8. The van der Waals surface area contributed by atoms with E-state index in [2.05, 4.69) is 15.6 Å². The minimum absolute atomic E-state index is 0. The lowest BCUT2D eigenvalue weighted by atomic mass is 10.3. The number of anilines is 1. The zero-order valence-electron chi connectivity index (χ0n) is 15.4. The van der Waals surface area contributed by atoms with Gasteiger partial charge < -0.3 is 20.1 Å². The molecule has 0 bridgehead atoms. The number of likely N-dealkylation sites (N-methyl/N-ethyl adjacent to an activating group) is 1. The van der Waals surface area contributed by atoms with E-state index in [4.69, 9.17) is 9.47 Å². The van der Waals surface area contributed by atoms with Crippen molar-refractivity contribution < 1.29 is 22.6 Å². The Morgan fingerprint density at radius 1 is 1.22 bits per heavy atom. The van der Waals surface area contributed by atoms with Gasteiger partial charge in [0.25, 0.3) is 0 Å². The second kappa shape index (κ2) is 11.4. The lowest BCUT2D eigenvalue weighted by Gasteiger charge is -2.18. The highest BCUT2D eigenvalue weighted by atomic mass is 127. The van der Waals surface area contributed by atoms with Crippen LogP contribution in [-0.2, 0) is 0 Å². The van der Waals surface area contributed by atoms with E-state index >= 15 is 0 Å². The van der Waals surface area contributed by atoms with Gasteiger partial charge in [-0.05, 0) is 26.1 Å². The van der Waals surface area contributed by atoms with Crippen molar-refractivity contribution in [3.63, 3.8) is 0 Å². The molecule has 0 aliphatic carbocycles. The average Bonchev–Trinajstić information content (AvgIpc) is 2.78. The van der Waals surface area contributed by atoms with Gasteiger partial charge in [-0.2, -0.15) is 13.2 Å². The van der Waals surface area contributed by atoms with Crippen molar-refractivity contribution in [2.24, 2.45) is 4.99 Å². The van der Waals surface area contributed by atoms with Gasteiger partial charge in [0.05, 0.1) is 26.3 Å². The van der Waals surface area contributed by atoms with Crippen molar-refractivity contribution >= 4 is 35.6 Å². The third kappa shape index (κ3) is 8.87. The van der Waals surface area contributed by atoms with E-state index in [1.807, 2.05) is 25.1 Å². The van der Waals surface area contributed by atoms with E-state index in [1.54, 1.807) is 0 Å². The van der Waals surface area contributed by atoms with Gasteiger partial charge in [-0.25, -0.2) is 0 Å². The molecule has 0 saturated carbocycles. The maximum absolute atomic E-state index is 12.3. The molecule has 0 saturated heterocycles. The molecule has 10 heteroatoms. The first-order valence-corrected chi connectivity index (χ1v) is 8.57. The first kappa shape index (κ1) is 23.6. The van der Waals surface area contributed by atoms with Crippen LogP contribution in [0.25, 0.3) is 0 Å². The van der Waals surface area contributed by atoms with Crippen molar-refractivity contribution in [1.29, 1.82) is 0 Å². The maximum atomic E-state index is 12.3. The van der Waals surface area contributed by atoms with E-state index in [1.165, 1.54) is 11.9 Å². The number of halogens is 4. The van der Waals surface area contributed by atoms with Crippen molar-refractivity contribution in [1.82, 2.24) is 10.2 Å². The Hall–Kier alpha value is -1.43. The minimum Gasteiger partial charge on any atom is -0.490 e. The summed E-state index contributed by atoms with van der Waals surface area (Å²) in [6.07, 6.45) is -3.38. The van der Waals surface area contributed by atoms with Gasteiger partial charge >= 0.3 is 6.18 Å². The number of aliphatic imine (C=N–C) groups is 1. The fourth-order valence-corrected chi connectivity index (χ4v) is 2.40. The molecule has 0 radical (unpaired) electrons. The van der Waals surface area contributed by atoms with E-state index in [-0.39, 0.29) is 37.1 Å². The second-order valence-corrected chi connectivity index (χ2v) is 5.95. The summed E-state index contributed by atoms with van der Waals surface area (Å²) in [6, 6.07) is 5.49. The standard InChI is InChI=1S/C17H25F3N4O2.HI/c1-3-21-16(22-7-8-24(2)12-17(18,19)20)23-13-5-6-14-15(11-13)26-10-4-9-25-14;/h5-6,11H,3-4,7-10,12H2,1-2H3,(H2,21,22,23);1H. The number of ether oxygens (including phenoxy) is 2. The summed E-state index contributed by atoms with van der Waals surface area (Å²) in [6.45, 7) is 3.26. The quantitative estimate of drug-likeness (QED) is 0.355. The molecule has 0 atom stereocenters. The molecule has 0 unspecified atom stereocenters. The Morgan fingerprint density at radius 3 is 2.59 bits per heavy atom. The van der Waals surface area contributed by atoms with E-state index in [0.29, 0.717) is 37.2 Å². The molecular weight excluding hydrogens is 476 g/mol. The highest BCUT2D eigenvalue weighted by molar-refractivity contribution is 14.0. The van der Waals surface area contributed by atoms with Crippen molar-refractivity contribution in [3.05, 3.63) is 18.2 Å². The zero-order chi connectivity index (χ0) is 19.0.